The van der Waals surface area contributed by atoms with E-state index in [0.717, 1.165) is 26.8 Å². The van der Waals surface area contributed by atoms with E-state index in [2.05, 4.69) is 36.5 Å². The van der Waals surface area contributed by atoms with E-state index in [0.29, 0.717) is 47.9 Å². The maximum atomic E-state index is 13.5. The minimum absolute atomic E-state index is 0.0000584. The van der Waals surface area contributed by atoms with E-state index >= 15 is 0 Å². The van der Waals surface area contributed by atoms with Crippen LogP contribution in [0.15, 0.2) is 113 Å². The van der Waals surface area contributed by atoms with E-state index in [1.807, 2.05) is 36.4 Å². The Morgan fingerprint density at radius 1 is 0.978 bits per heavy atom. The lowest BCUT2D eigenvalue weighted by atomic mass is 9.91. The molecule has 236 valence electrons. The molecule has 9 nitrogen and oxygen atoms in total. The molecule has 1 aliphatic rings. The first-order valence-corrected chi connectivity index (χ1v) is 17.1. The second kappa shape index (κ2) is 13.9. The van der Waals surface area contributed by atoms with Gasteiger partial charge in [-0.25, -0.2) is 22.8 Å². The van der Waals surface area contributed by atoms with E-state index in [1.165, 1.54) is 18.5 Å². The molecule has 12 heteroatoms. The number of sulfone groups is 1. The van der Waals surface area contributed by atoms with Gasteiger partial charge in [-0.1, -0.05) is 30.3 Å². The van der Waals surface area contributed by atoms with Crippen molar-refractivity contribution in [1.29, 1.82) is 0 Å². The van der Waals surface area contributed by atoms with Crippen molar-refractivity contribution in [2.75, 3.05) is 24.2 Å². The Morgan fingerprint density at radius 3 is 2.63 bits per heavy atom. The van der Waals surface area contributed by atoms with Crippen LogP contribution in [0.2, 0.25) is 0 Å². The molecule has 0 saturated heterocycles. The molecule has 1 unspecified atom stereocenters. The zero-order valence-electron chi connectivity index (χ0n) is 24.7. The van der Waals surface area contributed by atoms with Gasteiger partial charge in [-0.05, 0) is 82.6 Å². The summed E-state index contributed by atoms with van der Waals surface area (Å²) in [6, 6.07) is 22.3. The molecule has 0 spiro atoms. The summed E-state index contributed by atoms with van der Waals surface area (Å²) in [6.07, 6.45) is 8.03. The Bertz CT molecular complexity index is 1970. The molecule has 0 saturated carbocycles. The predicted molar refractivity (Wildman–Crippen MR) is 178 cm³/mol. The first-order valence-electron chi connectivity index (χ1n) is 14.7. The molecule has 2 aromatic heterocycles. The van der Waals surface area contributed by atoms with Gasteiger partial charge in [-0.3, -0.25) is 4.98 Å². The molecule has 2 N–H and O–H groups in total. The van der Waals surface area contributed by atoms with Crippen molar-refractivity contribution in [2.24, 2.45) is 0 Å². The number of aromatic nitrogens is 3. The maximum Gasteiger partial charge on any atom is 0.179 e. The van der Waals surface area contributed by atoms with Crippen molar-refractivity contribution in [3.05, 3.63) is 125 Å². The summed E-state index contributed by atoms with van der Waals surface area (Å²) in [7, 11) is -3.37. The third kappa shape index (κ3) is 7.35. The highest BCUT2D eigenvalue weighted by Gasteiger charge is 2.37. The van der Waals surface area contributed by atoms with Crippen molar-refractivity contribution in [2.45, 2.75) is 29.9 Å². The van der Waals surface area contributed by atoms with Crippen molar-refractivity contribution < 1.29 is 22.3 Å². The number of hydrogen-bond donors (Lipinski definition) is 2. The van der Waals surface area contributed by atoms with Crippen LogP contribution in [-0.2, 0) is 26.8 Å². The highest BCUT2D eigenvalue weighted by molar-refractivity contribution is 9.10. The van der Waals surface area contributed by atoms with Crippen molar-refractivity contribution in [3.63, 3.8) is 0 Å². The molecule has 0 fully saturated rings. The fraction of sp³-hybridized carbons (Fsp3) is 0.206. The molecule has 0 radical (unpaired) electrons. The number of pyridine rings is 1. The molecular weight excluding hydrogens is 673 g/mol. The number of nitrogens with one attached hydrogen (secondary N) is 2. The highest BCUT2D eigenvalue weighted by atomic mass is 79.9. The van der Waals surface area contributed by atoms with Gasteiger partial charge in [0.15, 0.2) is 15.4 Å². The Labute approximate surface area is 275 Å². The Balaban J connectivity index is 1.13. The van der Waals surface area contributed by atoms with Gasteiger partial charge in [0.2, 0.25) is 0 Å². The number of halogens is 2. The average Bonchev–Trinajstić information content (AvgIpc) is 3.55. The predicted octanol–water partition coefficient (Wildman–Crippen LogP) is 6.83. The molecule has 0 amide bonds. The van der Waals surface area contributed by atoms with Crippen molar-refractivity contribution in [1.82, 2.24) is 20.3 Å². The summed E-state index contributed by atoms with van der Waals surface area (Å²) in [5, 5.41) is 7.41. The summed E-state index contributed by atoms with van der Waals surface area (Å²) in [5.41, 5.74) is 2.18. The molecule has 1 atom stereocenters. The van der Waals surface area contributed by atoms with Gasteiger partial charge in [-0.2, -0.15) is 0 Å². The first-order chi connectivity index (χ1) is 22.3. The van der Waals surface area contributed by atoms with E-state index in [4.69, 9.17) is 14.5 Å². The van der Waals surface area contributed by atoms with Crippen LogP contribution < -0.4 is 15.4 Å². The van der Waals surface area contributed by atoms with E-state index in [9.17, 15) is 12.8 Å². The fourth-order valence-corrected chi connectivity index (χ4v) is 6.93. The number of anilines is 2. The number of fused-ring (bicyclic) bond motifs is 1. The minimum Gasteiger partial charge on any atom is -0.489 e. The molecule has 5 aromatic rings. The van der Waals surface area contributed by atoms with Gasteiger partial charge < -0.3 is 20.1 Å². The lowest BCUT2D eigenvalue weighted by Crippen LogP contribution is -2.33. The molecule has 0 aliphatic carbocycles. The molecule has 1 aliphatic heterocycles. The van der Waals surface area contributed by atoms with Crippen molar-refractivity contribution in [3.8, 4) is 5.75 Å². The Hall–Kier alpha value is -4.39. The van der Waals surface area contributed by atoms with Crippen LogP contribution in [0.5, 0.6) is 5.75 Å². The Morgan fingerprint density at radius 2 is 1.85 bits per heavy atom. The largest absolute Gasteiger partial charge is 0.489 e. The second-order valence-electron chi connectivity index (χ2n) is 10.8. The molecule has 3 heterocycles. The summed E-state index contributed by atoms with van der Waals surface area (Å²) >= 11 is 3.57. The highest BCUT2D eigenvalue weighted by Crippen LogP contribution is 2.38. The summed E-state index contributed by atoms with van der Waals surface area (Å²) in [6.45, 7) is 1.08. The minimum atomic E-state index is -3.37. The van der Waals surface area contributed by atoms with Crippen LogP contribution in [0.4, 0.5) is 15.9 Å². The number of rotatable bonds is 13. The smallest absolute Gasteiger partial charge is 0.179 e. The van der Waals surface area contributed by atoms with E-state index in [-0.39, 0.29) is 18.2 Å². The second-order valence-corrected chi connectivity index (χ2v) is 13.8. The van der Waals surface area contributed by atoms with Gasteiger partial charge in [-0.15, -0.1) is 0 Å². The summed E-state index contributed by atoms with van der Waals surface area (Å²) < 4.78 is 51.5. The van der Waals surface area contributed by atoms with Crippen LogP contribution in [0.25, 0.3) is 10.9 Å². The van der Waals surface area contributed by atoms with Crippen molar-refractivity contribution >= 4 is 48.2 Å². The molecule has 6 rings (SSSR count). The van der Waals surface area contributed by atoms with Crippen LogP contribution in [-0.4, -0.2) is 42.2 Å². The van der Waals surface area contributed by atoms with Gasteiger partial charge in [0.05, 0.1) is 38.8 Å². The monoisotopic (exact) mass is 703 g/mol. The molecular formula is C34H31BrFN5O4S. The standard InChI is InChI=1S/C34H31BrFN5O4S/c35-29-19-26(10-11-31(29)44-22-24-6-4-7-25(36)18-24)41-33-28-20-32(38-21-30(28)39-23-40-33)34(12-5-16-45-34)13-14-37-15-17-46(42,43)27-8-2-1-3-9-27/h1-11,16,18-21,23,37H,12-15,17,22H2,(H,39,40,41). The Kier molecular flexibility index (Phi) is 9.57. The fourth-order valence-electron chi connectivity index (χ4n) is 5.21. The number of hydrogen-bond acceptors (Lipinski definition) is 9. The van der Waals surface area contributed by atoms with Gasteiger partial charge in [0, 0.05) is 30.5 Å². The van der Waals surface area contributed by atoms with E-state index < -0.39 is 15.4 Å². The molecule has 0 bridgehead atoms. The summed E-state index contributed by atoms with van der Waals surface area (Å²) in [5.74, 6) is 0.910. The molecule has 46 heavy (non-hydrogen) atoms. The zero-order valence-corrected chi connectivity index (χ0v) is 27.1. The zero-order chi connectivity index (χ0) is 32.0. The average molecular weight is 705 g/mol. The van der Waals surface area contributed by atoms with E-state index in [1.54, 1.807) is 48.9 Å². The topological polar surface area (TPSA) is 115 Å². The first kappa shape index (κ1) is 31.6. The quantitative estimate of drug-likeness (QED) is 0.127. The SMILES string of the molecule is O=S(=O)(CCNCCC1(c2cc3c(Nc4ccc(OCc5cccc(F)c5)c(Br)c4)ncnc3cn2)CC=CO1)c1ccccc1. The van der Waals surface area contributed by atoms with Crippen LogP contribution in [0.3, 0.4) is 0 Å². The van der Waals surface area contributed by atoms with Crippen LogP contribution >= 0.6 is 15.9 Å². The van der Waals surface area contributed by atoms with Gasteiger partial charge >= 0.3 is 0 Å². The third-order valence-corrected chi connectivity index (χ3v) is 10.0. The number of benzene rings is 3. The number of ether oxygens (including phenoxy) is 2. The van der Waals surface area contributed by atoms with Gasteiger partial charge in [0.25, 0.3) is 0 Å². The van der Waals surface area contributed by atoms with Crippen LogP contribution in [0, 0.1) is 5.82 Å². The maximum absolute atomic E-state index is 13.5. The molecule has 3 aromatic carbocycles. The lowest BCUT2D eigenvalue weighted by Gasteiger charge is -2.28. The lowest BCUT2D eigenvalue weighted by molar-refractivity contribution is 0.0288. The third-order valence-electron chi connectivity index (χ3n) is 7.66. The van der Waals surface area contributed by atoms with Gasteiger partial charge in [0.1, 0.15) is 30.3 Å². The van der Waals surface area contributed by atoms with Crippen LogP contribution in [0.1, 0.15) is 24.1 Å². The number of nitrogens with zero attached hydrogens (tertiary/aromatic N) is 3. The normalized spacial score (nSPS) is 16.0. The summed E-state index contributed by atoms with van der Waals surface area (Å²) in [4.78, 5) is 13.9.